The number of benzene rings is 1. The second-order valence-corrected chi connectivity index (χ2v) is 5.33. The van der Waals surface area contributed by atoms with Gasteiger partial charge in [0.1, 0.15) is 0 Å². The van der Waals surface area contributed by atoms with Gasteiger partial charge in [0.25, 0.3) is 0 Å². The molecular weight excluding hydrogens is 182 g/mol. The van der Waals surface area contributed by atoms with Crippen LogP contribution in [-0.4, -0.2) is 6.04 Å². The van der Waals surface area contributed by atoms with Crippen LogP contribution in [0.1, 0.15) is 37.7 Å². The van der Waals surface area contributed by atoms with E-state index in [2.05, 4.69) is 35.6 Å². The van der Waals surface area contributed by atoms with Gasteiger partial charge in [-0.3, -0.25) is 0 Å². The maximum Gasteiger partial charge on any atom is 0.0208 e. The lowest BCUT2D eigenvalue weighted by atomic mass is 9.54. The summed E-state index contributed by atoms with van der Waals surface area (Å²) in [5, 5.41) is 3.66. The summed E-state index contributed by atoms with van der Waals surface area (Å²) in [4.78, 5) is 0. The maximum absolute atomic E-state index is 3.66. The van der Waals surface area contributed by atoms with E-state index in [1.165, 1.54) is 37.7 Å². The van der Waals surface area contributed by atoms with Crippen LogP contribution in [0.4, 0.5) is 0 Å². The Morgan fingerprint density at radius 3 is 2.47 bits per heavy atom. The van der Waals surface area contributed by atoms with Gasteiger partial charge in [0.05, 0.1) is 0 Å². The van der Waals surface area contributed by atoms with Gasteiger partial charge in [0.2, 0.25) is 0 Å². The minimum Gasteiger partial charge on any atom is -0.310 e. The average molecular weight is 201 g/mol. The highest BCUT2D eigenvalue weighted by Gasteiger charge is 2.47. The Bertz CT molecular complexity index is 318. The van der Waals surface area contributed by atoms with Crippen LogP contribution >= 0.6 is 0 Å². The quantitative estimate of drug-likeness (QED) is 0.792. The summed E-state index contributed by atoms with van der Waals surface area (Å²) in [5.41, 5.74) is 2.21. The highest BCUT2D eigenvalue weighted by molar-refractivity contribution is 5.15. The van der Waals surface area contributed by atoms with Gasteiger partial charge in [-0.1, -0.05) is 36.8 Å². The molecule has 0 amide bonds. The van der Waals surface area contributed by atoms with Crippen LogP contribution in [0.3, 0.4) is 0 Å². The van der Waals surface area contributed by atoms with E-state index in [0.717, 1.165) is 18.0 Å². The second-order valence-electron chi connectivity index (χ2n) is 5.33. The SMILES string of the molecule is c1ccc(CNC2CC3(CCC3)C2)cc1. The van der Waals surface area contributed by atoms with E-state index in [9.17, 15) is 0 Å². The Hall–Kier alpha value is -0.820. The van der Waals surface area contributed by atoms with Crippen LogP contribution in [0.25, 0.3) is 0 Å². The fourth-order valence-electron chi connectivity index (χ4n) is 3.07. The third-order valence-electron chi connectivity index (χ3n) is 4.21. The minimum atomic E-state index is 0.797. The highest BCUT2D eigenvalue weighted by atomic mass is 14.9. The van der Waals surface area contributed by atoms with E-state index in [1.54, 1.807) is 0 Å². The molecule has 1 spiro atoms. The van der Waals surface area contributed by atoms with E-state index < -0.39 is 0 Å². The molecule has 1 nitrogen and oxygen atoms in total. The van der Waals surface area contributed by atoms with Gasteiger partial charge in [0, 0.05) is 12.6 Å². The standard InChI is InChI=1S/C14H19N/c1-2-5-12(6-3-1)11-15-13-9-14(10-13)7-4-8-14/h1-3,5-6,13,15H,4,7-11H2. The van der Waals surface area contributed by atoms with Crippen LogP contribution in [0.15, 0.2) is 30.3 Å². The Kier molecular flexibility index (Phi) is 2.28. The zero-order valence-electron chi connectivity index (χ0n) is 9.21. The molecular formula is C14H19N. The molecule has 1 aromatic carbocycles. The first-order valence-electron chi connectivity index (χ1n) is 6.14. The minimum absolute atomic E-state index is 0.797. The number of hydrogen-bond acceptors (Lipinski definition) is 1. The van der Waals surface area contributed by atoms with E-state index >= 15 is 0 Å². The van der Waals surface area contributed by atoms with E-state index in [0.29, 0.717) is 0 Å². The van der Waals surface area contributed by atoms with Gasteiger partial charge in [-0.2, -0.15) is 0 Å². The van der Waals surface area contributed by atoms with Crippen molar-refractivity contribution in [2.45, 2.75) is 44.7 Å². The molecule has 1 N–H and O–H groups in total. The first-order valence-corrected chi connectivity index (χ1v) is 6.14. The Labute approximate surface area is 91.9 Å². The summed E-state index contributed by atoms with van der Waals surface area (Å²) in [6.45, 7) is 1.04. The van der Waals surface area contributed by atoms with Crippen molar-refractivity contribution in [3.05, 3.63) is 35.9 Å². The van der Waals surface area contributed by atoms with Gasteiger partial charge in [-0.05, 0) is 36.7 Å². The van der Waals surface area contributed by atoms with Crippen molar-refractivity contribution < 1.29 is 0 Å². The van der Waals surface area contributed by atoms with E-state index in [4.69, 9.17) is 0 Å². The van der Waals surface area contributed by atoms with Crippen molar-refractivity contribution in [2.75, 3.05) is 0 Å². The molecule has 0 aromatic heterocycles. The molecule has 15 heavy (non-hydrogen) atoms. The fraction of sp³-hybridized carbons (Fsp3) is 0.571. The molecule has 0 saturated heterocycles. The molecule has 0 bridgehead atoms. The van der Waals surface area contributed by atoms with Crippen LogP contribution in [0, 0.1) is 5.41 Å². The lowest BCUT2D eigenvalue weighted by Crippen LogP contribution is -2.51. The number of hydrogen-bond donors (Lipinski definition) is 1. The maximum atomic E-state index is 3.66. The van der Waals surface area contributed by atoms with Gasteiger partial charge < -0.3 is 5.32 Å². The molecule has 2 saturated carbocycles. The Balaban J connectivity index is 1.44. The van der Waals surface area contributed by atoms with Crippen molar-refractivity contribution in [3.8, 4) is 0 Å². The molecule has 2 aliphatic rings. The van der Waals surface area contributed by atoms with E-state index in [-0.39, 0.29) is 0 Å². The lowest BCUT2D eigenvalue weighted by molar-refractivity contribution is -0.00263. The normalized spacial score (nSPS) is 23.5. The van der Waals surface area contributed by atoms with Crippen molar-refractivity contribution in [3.63, 3.8) is 0 Å². The molecule has 0 atom stereocenters. The van der Waals surface area contributed by atoms with Gasteiger partial charge >= 0.3 is 0 Å². The predicted molar refractivity (Wildman–Crippen MR) is 62.6 cm³/mol. The van der Waals surface area contributed by atoms with Crippen LogP contribution in [0.5, 0.6) is 0 Å². The summed E-state index contributed by atoms with van der Waals surface area (Å²) in [7, 11) is 0. The lowest BCUT2D eigenvalue weighted by Gasteiger charge is -2.54. The smallest absolute Gasteiger partial charge is 0.0208 e. The number of rotatable bonds is 3. The topological polar surface area (TPSA) is 12.0 Å². The average Bonchev–Trinajstić information content (AvgIpc) is 2.15. The summed E-state index contributed by atoms with van der Waals surface area (Å²) in [5.74, 6) is 0. The van der Waals surface area contributed by atoms with Crippen molar-refractivity contribution >= 4 is 0 Å². The van der Waals surface area contributed by atoms with E-state index in [1.807, 2.05) is 0 Å². The van der Waals surface area contributed by atoms with Crippen LogP contribution in [-0.2, 0) is 6.54 Å². The molecule has 80 valence electrons. The monoisotopic (exact) mass is 201 g/mol. The molecule has 0 aliphatic heterocycles. The van der Waals surface area contributed by atoms with Gasteiger partial charge in [-0.25, -0.2) is 0 Å². The predicted octanol–water partition coefficient (Wildman–Crippen LogP) is 3.11. The van der Waals surface area contributed by atoms with Crippen molar-refractivity contribution in [2.24, 2.45) is 5.41 Å². The molecule has 3 rings (SSSR count). The zero-order valence-corrected chi connectivity index (χ0v) is 9.21. The largest absolute Gasteiger partial charge is 0.310 e. The molecule has 0 heterocycles. The molecule has 2 aliphatic carbocycles. The fourth-order valence-corrected chi connectivity index (χ4v) is 3.07. The van der Waals surface area contributed by atoms with Crippen LogP contribution < -0.4 is 5.32 Å². The molecule has 1 heteroatoms. The molecule has 0 radical (unpaired) electrons. The molecule has 0 unspecified atom stereocenters. The summed E-state index contributed by atoms with van der Waals surface area (Å²) < 4.78 is 0. The number of nitrogens with one attached hydrogen (secondary N) is 1. The first kappa shape index (κ1) is 9.41. The molecule has 1 aromatic rings. The highest BCUT2D eigenvalue weighted by Crippen LogP contribution is 2.55. The first-order chi connectivity index (χ1) is 7.36. The van der Waals surface area contributed by atoms with Crippen LogP contribution in [0.2, 0.25) is 0 Å². The second kappa shape index (κ2) is 3.64. The molecule has 2 fully saturated rings. The van der Waals surface area contributed by atoms with Crippen molar-refractivity contribution in [1.29, 1.82) is 0 Å². The zero-order chi connectivity index (χ0) is 10.1. The Morgan fingerprint density at radius 2 is 1.87 bits per heavy atom. The summed E-state index contributed by atoms with van der Waals surface area (Å²) >= 11 is 0. The summed E-state index contributed by atoms with van der Waals surface area (Å²) in [6.07, 6.45) is 7.33. The summed E-state index contributed by atoms with van der Waals surface area (Å²) in [6, 6.07) is 11.5. The van der Waals surface area contributed by atoms with Gasteiger partial charge in [0.15, 0.2) is 0 Å². The third-order valence-corrected chi connectivity index (χ3v) is 4.21. The Morgan fingerprint density at radius 1 is 1.13 bits per heavy atom. The third kappa shape index (κ3) is 1.81. The van der Waals surface area contributed by atoms with Crippen molar-refractivity contribution in [1.82, 2.24) is 5.32 Å². The van der Waals surface area contributed by atoms with Gasteiger partial charge in [-0.15, -0.1) is 0 Å².